The minimum atomic E-state index is -0.494. The number of hydrogen-bond donors (Lipinski definition) is 1. The van der Waals surface area contributed by atoms with Crippen LogP contribution in [-0.4, -0.2) is 24.2 Å². The highest BCUT2D eigenvalue weighted by molar-refractivity contribution is 6.62. The van der Waals surface area contributed by atoms with Crippen LogP contribution in [0.15, 0.2) is 18.2 Å². The summed E-state index contributed by atoms with van der Waals surface area (Å²) in [5.41, 5.74) is 0.608. The van der Waals surface area contributed by atoms with E-state index in [-0.39, 0.29) is 5.91 Å². The molecule has 0 bridgehead atoms. The van der Waals surface area contributed by atoms with Gasteiger partial charge in [-0.25, -0.2) is 0 Å². The maximum atomic E-state index is 11.1. The van der Waals surface area contributed by atoms with Gasteiger partial charge in [-0.05, 0) is 51.4 Å². The summed E-state index contributed by atoms with van der Waals surface area (Å²) >= 11 is 6.09. The highest BCUT2D eigenvalue weighted by Crippen LogP contribution is 2.36. The zero-order valence-corrected chi connectivity index (χ0v) is 13.2. The Labute approximate surface area is 124 Å². The van der Waals surface area contributed by atoms with E-state index >= 15 is 0 Å². The van der Waals surface area contributed by atoms with E-state index in [0.29, 0.717) is 10.7 Å². The van der Waals surface area contributed by atoms with Gasteiger partial charge in [0.2, 0.25) is 5.91 Å². The number of benzene rings is 1. The second-order valence-corrected chi connectivity index (χ2v) is 6.48. The molecule has 0 aromatic heterocycles. The van der Waals surface area contributed by atoms with Crippen LogP contribution in [0.2, 0.25) is 5.02 Å². The maximum Gasteiger partial charge on any atom is 0.494 e. The molecule has 0 aliphatic carbocycles. The van der Waals surface area contributed by atoms with E-state index in [1.165, 1.54) is 6.92 Å². The number of nitrogens with one attached hydrogen (secondary N) is 1. The monoisotopic (exact) mass is 295 g/mol. The van der Waals surface area contributed by atoms with Crippen molar-refractivity contribution in [3.8, 4) is 0 Å². The van der Waals surface area contributed by atoms with Crippen LogP contribution in [0, 0.1) is 0 Å². The van der Waals surface area contributed by atoms with Gasteiger partial charge in [0.1, 0.15) is 0 Å². The maximum absolute atomic E-state index is 11.1. The Balaban J connectivity index is 2.30. The molecule has 108 valence electrons. The first-order valence-electron chi connectivity index (χ1n) is 6.54. The lowest BCUT2D eigenvalue weighted by Gasteiger charge is -2.32. The van der Waals surface area contributed by atoms with E-state index in [4.69, 9.17) is 20.9 Å². The molecule has 1 aromatic rings. The van der Waals surface area contributed by atoms with E-state index in [2.05, 4.69) is 5.32 Å². The quantitative estimate of drug-likeness (QED) is 0.853. The van der Waals surface area contributed by atoms with Crippen LogP contribution < -0.4 is 10.8 Å². The van der Waals surface area contributed by atoms with Crippen molar-refractivity contribution in [3.05, 3.63) is 23.2 Å². The summed E-state index contributed by atoms with van der Waals surface area (Å²) in [7, 11) is -0.494. The fourth-order valence-corrected chi connectivity index (χ4v) is 2.25. The number of carbonyl (C=O) groups excluding carboxylic acids is 1. The number of carbonyl (C=O) groups is 1. The summed E-state index contributed by atoms with van der Waals surface area (Å²) in [5, 5.41) is 3.25. The molecule has 1 aliphatic heterocycles. The number of amides is 1. The van der Waals surface area contributed by atoms with Crippen LogP contribution in [0.3, 0.4) is 0 Å². The minimum Gasteiger partial charge on any atom is -0.399 e. The Morgan fingerprint density at radius 2 is 1.70 bits per heavy atom. The van der Waals surface area contributed by atoms with Crippen LogP contribution in [0.4, 0.5) is 5.69 Å². The van der Waals surface area contributed by atoms with Gasteiger partial charge in [-0.15, -0.1) is 0 Å². The molecule has 1 aromatic carbocycles. The number of hydrogen-bond acceptors (Lipinski definition) is 3. The van der Waals surface area contributed by atoms with Crippen molar-refractivity contribution in [1.82, 2.24) is 0 Å². The first-order valence-corrected chi connectivity index (χ1v) is 6.92. The topological polar surface area (TPSA) is 47.6 Å². The van der Waals surface area contributed by atoms with Crippen molar-refractivity contribution in [2.75, 3.05) is 5.32 Å². The highest BCUT2D eigenvalue weighted by Gasteiger charge is 2.51. The summed E-state index contributed by atoms with van der Waals surface area (Å²) in [6.07, 6.45) is 0. The zero-order valence-electron chi connectivity index (χ0n) is 12.4. The molecule has 0 unspecified atom stereocenters. The minimum absolute atomic E-state index is 0.146. The molecule has 0 saturated carbocycles. The molecular weight excluding hydrogens is 276 g/mol. The van der Waals surface area contributed by atoms with E-state index in [0.717, 1.165) is 5.46 Å². The Bertz CT molecular complexity index is 529. The van der Waals surface area contributed by atoms with Gasteiger partial charge in [-0.2, -0.15) is 0 Å². The third-order valence-electron chi connectivity index (χ3n) is 3.77. The van der Waals surface area contributed by atoms with Gasteiger partial charge < -0.3 is 14.6 Å². The van der Waals surface area contributed by atoms with Gasteiger partial charge in [-0.1, -0.05) is 11.6 Å². The molecule has 0 spiro atoms. The Morgan fingerprint density at radius 3 is 2.20 bits per heavy atom. The van der Waals surface area contributed by atoms with Crippen molar-refractivity contribution in [2.45, 2.75) is 45.8 Å². The van der Waals surface area contributed by atoms with Crippen LogP contribution in [0.25, 0.3) is 0 Å². The van der Waals surface area contributed by atoms with Gasteiger partial charge in [0.15, 0.2) is 0 Å². The molecule has 1 N–H and O–H groups in total. The summed E-state index contributed by atoms with van der Waals surface area (Å²) in [4.78, 5) is 11.1. The first-order chi connectivity index (χ1) is 9.10. The fraction of sp³-hybridized carbons (Fsp3) is 0.500. The molecule has 2 rings (SSSR count). The predicted molar refractivity (Wildman–Crippen MR) is 81.5 cm³/mol. The lowest BCUT2D eigenvalue weighted by Crippen LogP contribution is -2.41. The zero-order chi connectivity index (χ0) is 15.1. The van der Waals surface area contributed by atoms with Gasteiger partial charge in [-0.3, -0.25) is 4.79 Å². The number of rotatable bonds is 2. The second-order valence-electron chi connectivity index (χ2n) is 6.04. The third-order valence-corrected chi connectivity index (χ3v) is 3.98. The number of anilines is 1. The van der Waals surface area contributed by atoms with E-state index in [1.54, 1.807) is 12.1 Å². The van der Waals surface area contributed by atoms with E-state index < -0.39 is 18.3 Å². The first kappa shape index (κ1) is 15.4. The largest absolute Gasteiger partial charge is 0.494 e. The van der Waals surface area contributed by atoms with Gasteiger partial charge in [0, 0.05) is 17.6 Å². The molecule has 4 nitrogen and oxygen atoms in total. The Morgan fingerprint density at radius 1 is 1.15 bits per heavy atom. The van der Waals surface area contributed by atoms with Gasteiger partial charge >= 0.3 is 7.12 Å². The highest BCUT2D eigenvalue weighted by atomic mass is 35.5. The fourth-order valence-electron chi connectivity index (χ4n) is 2.00. The van der Waals surface area contributed by atoms with Crippen molar-refractivity contribution < 1.29 is 14.1 Å². The second kappa shape index (κ2) is 5.06. The Hall–Kier alpha value is -1.04. The molecule has 1 fully saturated rings. The standard InChI is InChI=1S/C14H19BClNO3/c1-9(18)17-12-7-10(6-11(16)8-12)15-19-13(2,3)14(4,5)20-15/h6-8H,1-5H3,(H,17,18). The van der Waals surface area contributed by atoms with Crippen LogP contribution >= 0.6 is 11.6 Å². The summed E-state index contributed by atoms with van der Waals surface area (Å²) in [5.74, 6) is -0.146. The van der Waals surface area contributed by atoms with Crippen molar-refractivity contribution in [3.63, 3.8) is 0 Å². The Kier molecular flexibility index (Phi) is 3.89. The lowest BCUT2D eigenvalue weighted by atomic mass is 9.79. The van der Waals surface area contributed by atoms with Crippen molar-refractivity contribution >= 4 is 35.8 Å². The van der Waals surface area contributed by atoms with Gasteiger partial charge in [0.25, 0.3) is 0 Å². The molecule has 1 amide bonds. The molecule has 1 heterocycles. The van der Waals surface area contributed by atoms with Crippen molar-refractivity contribution in [2.24, 2.45) is 0 Å². The molecule has 20 heavy (non-hydrogen) atoms. The molecular formula is C14H19BClNO3. The summed E-state index contributed by atoms with van der Waals surface area (Å²) in [6, 6.07) is 5.29. The normalized spacial score (nSPS) is 20.0. The van der Waals surface area contributed by atoms with Crippen LogP contribution in [0.1, 0.15) is 34.6 Å². The SMILES string of the molecule is CC(=O)Nc1cc(Cl)cc(B2OC(C)(C)C(C)(C)O2)c1. The average molecular weight is 296 g/mol. The summed E-state index contributed by atoms with van der Waals surface area (Å²) < 4.78 is 11.9. The predicted octanol–water partition coefficient (Wildman–Crippen LogP) is 2.60. The van der Waals surface area contributed by atoms with Crippen molar-refractivity contribution in [1.29, 1.82) is 0 Å². The van der Waals surface area contributed by atoms with Crippen LogP contribution in [-0.2, 0) is 14.1 Å². The summed E-state index contributed by atoms with van der Waals surface area (Å²) in [6.45, 7) is 9.42. The lowest BCUT2D eigenvalue weighted by molar-refractivity contribution is -0.114. The van der Waals surface area contributed by atoms with E-state index in [1.807, 2.05) is 33.8 Å². The van der Waals surface area contributed by atoms with E-state index in [9.17, 15) is 4.79 Å². The average Bonchev–Trinajstić information content (AvgIpc) is 2.46. The molecule has 1 saturated heterocycles. The molecule has 6 heteroatoms. The molecule has 0 atom stereocenters. The van der Waals surface area contributed by atoms with Gasteiger partial charge in [0.05, 0.1) is 11.2 Å². The molecule has 0 radical (unpaired) electrons. The molecule has 1 aliphatic rings. The number of halogens is 1. The smallest absolute Gasteiger partial charge is 0.399 e. The van der Waals surface area contributed by atoms with Crippen LogP contribution in [0.5, 0.6) is 0 Å². The third kappa shape index (κ3) is 3.00.